The van der Waals surface area contributed by atoms with Gasteiger partial charge in [-0.25, -0.2) is 4.79 Å². The van der Waals surface area contributed by atoms with E-state index in [0.29, 0.717) is 34.9 Å². The summed E-state index contributed by atoms with van der Waals surface area (Å²) in [5, 5.41) is 12.1. The van der Waals surface area contributed by atoms with Gasteiger partial charge < -0.3 is 19.9 Å². The van der Waals surface area contributed by atoms with Crippen molar-refractivity contribution in [1.29, 1.82) is 0 Å². The second-order valence-corrected chi connectivity index (χ2v) is 6.58. The molecule has 27 heavy (non-hydrogen) atoms. The van der Waals surface area contributed by atoms with Crippen molar-refractivity contribution < 1.29 is 24.2 Å². The van der Waals surface area contributed by atoms with Crippen molar-refractivity contribution in [3.63, 3.8) is 0 Å². The Bertz CT molecular complexity index is 864. The van der Waals surface area contributed by atoms with Gasteiger partial charge in [0.2, 0.25) is 0 Å². The summed E-state index contributed by atoms with van der Waals surface area (Å²) in [4.78, 5) is 23.7. The fourth-order valence-corrected chi connectivity index (χ4v) is 2.75. The van der Waals surface area contributed by atoms with E-state index in [0.717, 1.165) is 0 Å². The summed E-state index contributed by atoms with van der Waals surface area (Å²) in [5.41, 5.74) is 1.53. The maximum absolute atomic E-state index is 12.6. The Hall–Kier alpha value is -2.73. The lowest BCUT2D eigenvalue weighted by atomic mass is 10.1. The first-order valence-electron chi connectivity index (χ1n) is 8.51. The molecule has 2 aromatic carbocycles. The van der Waals surface area contributed by atoms with E-state index in [2.05, 4.69) is 5.32 Å². The second kappa shape index (κ2) is 8.77. The second-order valence-electron chi connectivity index (χ2n) is 6.17. The number of benzene rings is 2. The van der Waals surface area contributed by atoms with E-state index in [1.165, 1.54) is 18.2 Å². The Morgan fingerprint density at radius 3 is 2.48 bits per heavy atom. The predicted octanol–water partition coefficient (Wildman–Crippen LogP) is 4.78. The van der Waals surface area contributed by atoms with Crippen LogP contribution >= 0.6 is 11.6 Å². The zero-order valence-corrected chi connectivity index (χ0v) is 16.4. The van der Waals surface area contributed by atoms with Gasteiger partial charge in [-0.05, 0) is 63.6 Å². The number of carbonyl (C=O) groups is 2. The molecule has 0 unspecified atom stereocenters. The normalized spacial score (nSPS) is 10.6. The first-order chi connectivity index (χ1) is 12.7. The standard InChI is InChI=1S/C20H22ClNO5/c1-5-26-17-10-13(9-16(21)18(17)27-11(2)3)19(23)22-14-6-7-15(20(24)25)12(4)8-14/h6-11H,5H2,1-4H3,(H,22,23)(H,24,25). The fourth-order valence-electron chi connectivity index (χ4n) is 2.50. The van der Waals surface area contributed by atoms with Gasteiger partial charge in [0.15, 0.2) is 11.5 Å². The van der Waals surface area contributed by atoms with Crippen LogP contribution in [-0.2, 0) is 0 Å². The Balaban J connectivity index is 2.30. The summed E-state index contributed by atoms with van der Waals surface area (Å²) < 4.78 is 11.3. The van der Waals surface area contributed by atoms with Gasteiger partial charge in [0.1, 0.15) is 0 Å². The molecule has 2 rings (SSSR count). The van der Waals surface area contributed by atoms with Crippen molar-refractivity contribution >= 4 is 29.2 Å². The molecule has 0 atom stereocenters. The topological polar surface area (TPSA) is 84.9 Å². The van der Waals surface area contributed by atoms with E-state index in [1.54, 1.807) is 19.1 Å². The van der Waals surface area contributed by atoms with Gasteiger partial charge in [0.25, 0.3) is 5.91 Å². The van der Waals surface area contributed by atoms with E-state index in [4.69, 9.17) is 26.2 Å². The molecule has 0 heterocycles. The summed E-state index contributed by atoms with van der Waals surface area (Å²) in [5.74, 6) is -0.622. The number of carboxylic acids is 1. The van der Waals surface area contributed by atoms with Gasteiger partial charge in [-0.1, -0.05) is 11.6 Å². The number of rotatable bonds is 7. The molecule has 0 fully saturated rings. The number of amides is 1. The number of nitrogens with one attached hydrogen (secondary N) is 1. The summed E-state index contributed by atoms with van der Waals surface area (Å²) in [6.45, 7) is 7.63. The number of ether oxygens (including phenoxy) is 2. The zero-order valence-electron chi connectivity index (χ0n) is 15.6. The zero-order chi connectivity index (χ0) is 20.1. The minimum atomic E-state index is -1.01. The number of carboxylic acid groups (broad SMARTS) is 1. The van der Waals surface area contributed by atoms with Crippen LogP contribution in [0, 0.1) is 6.92 Å². The third kappa shape index (κ3) is 5.14. The number of hydrogen-bond donors (Lipinski definition) is 2. The average Bonchev–Trinajstić information content (AvgIpc) is 2.57. The van der Waals surface area contributed by atoms with Crippen LogP contribution in [-0.4, -0.2) is 29.7 Å². The number of anilines is 1. The van der Waals surface area contributed by atoms with E-state index in [-0.39, 0.29) is 16.7 Å². The molecule has 0 radical (unpaired) electrons. The first-order valence-corrected chi connectivity index (χ1v) is 8.89. The molecule has 2 N–H and O–H groups in total. The van der Waals surface area contributed by atoms with Crippen molar-refractivity contribution in [2.45, 2.75) is 33.8 Å². The lowest BCUT2D eigenvalue weighted by molar-refractivity contribution is 0.0696. The van der Waals surface area contributed by atoms with Crippen LogP contribution in [0.2, 0.25) is 5.02 Å². The molecular formula is C20H22ClNO5. The summed E-state index contributed by atoms with van der Waals surface area (Å²) in [6.07, 6.45) is -0.0999. The monoisotopic (exact) mass is 391 g/mol. The number of aromatic carboxylic acids is 1. The first kappa shape index (κ1) is 20.6. The summed E-state index contributed by atoms with van der Waals surface area (Å²) in [7, 11) is 0. The van der Waals surface area contributed by atoms with E-state index < -0.39 is 11.9 Å². The predicted molar refractivity (Wildman–Crippen MR) is 104 cm³/mol. The van der Waals surface area contributed by atoms with Gasteiger partial charge in [0, 0.05) is 11.3 Å². The molecule has 6 nitrogen and oxygen atoms in total. The molecule has 0 aliphatic rings. The molecule has 7 heteroatoms. The van der Waals surface area contributed by atoms with Crippen LogP contribution in [0.4, 0.5) is 5.69 Å². The van der Waals surface area contributed by atoms with Gasteiger partial charge >= 0.3 is 5.97 Å². The number of aryl methyl sites for hydroxylation is 1. The Morgan fingerprint density at radius 2 is 1.93 bits per heavy atom. The van der Waals surface area contributed by atoms with Gasteiger partial charge in [0.05, 0.1) is 23.3 Å². The molecule has 0 saturated heterocycles. The minimum Gasteiger partial charge on any atom is -0.490 e. The van der Waals surface area contributed by atoms with E-state index in [9.17, 15) is 9.59 Å². The SMILES string of the molecule is CCOc1cc(C(=O)Nc2ccc(C(=O)O)c(C)c2)cc(Cl)c1OC(C)C. The number of carbonyl (C=O) groups excluding carboxylic acids is 1. The van der Waals surface area contributed by atoms with Crippen molar-refractivity contribution in [1.82, 2.24) is 0 Å². The molecule has 2 aromatic rings. The lowest BCUT2D eigenvalue weighted by Crippen LogP contribution is -2.14. The van der Waals surface area contributed by atoms with Crippen LogP contribution in [0.3, 0.4) is 0 Å². The highest BCUT2D eigenvalue weighted by Gasteiger charge is 2.18. The molecule has 0 aliphatic heterocycles. The number of hydrogen-bond acceptors (Lipinski definition) is 4. The fraction of sp³-hybridized carbons (Fsp3) is 0.300. The highest BCUT2D eigenvalue weighted by Crippen LogP contribution is 2.37. The molecule has 144 valence electrons. The van der Waals surface area contributed by atoms with Crippen LogP contribution in [0.5, 0.6) is 11.5 Å². The molecule has 0 bridgehead atoms. The maximum Gasteiger partial charge on any atom is 0.335 e. The van der Waals surface area contributed by atoms with Gasteiger partial charge in [-0.3, -0.25) is 4.79 Å². The average molecular weight is 392 g/mol. The largest absolute Gasteiger partial charge is 0.490 e. The van der Waals surface area contributed by atoms with E-state index in [1.807, 2.05) is 20.8 Å². The van der Waals surface area contributed by atoms with Crippen molar-refractivity contribution in [2.24, 2.45) is 0 Å². The molecule has 1 amide bonds. The van der Waals surface area contributed by atoms with Crippen LogP contribution in [0.25, 0.3) is 0 Å². The Labute approximate surface area is 163 Å². The third-order valence-electron chi connectivity index (χ3n) is 3.64. The van der Waals surface area contributed by atoms with Gasteiger partial charge in [-0.2, -0.15) is 0 Å². The van der Waals surface area contributed by atoms with Crippen LogP contribution in [0.15, 0.2) is 30.3 Å². The minimum absolute atomic E-state index is 0.0999. The number of halogens is 1. The highest BCUT2D eigenvalue weighted by atomic mass is 35.5. The maximum atomic E-state index is 12.6. The lowest BCUT2D eigenvalue weighted by Gasteiger charge is -2.17. The quantitative estimate of drug-likeness (QED) is 0.709. The Kier molecular flexibility index (Phi) is 6.69. The van der Waals surface area contributed by atoms with Crippen molar-refractivity contribution in [3.8, 4) is 11.5 Å². The van der Waals surface area contributed by atoms with Crippen LogP contribution in [0.1, 0.15) is 47.1 Å². The summed E-state index contributed by atoms with van der Waals surface area (Å²) in [6, 6.07) is 7.67. The molecule has 0 aromatic heterocycles. The Morgan fingerprint density at radius 1 is 1.22 bits per heavy atom. The molecule has 0 saturated carbocycles. The van der Waals surface area contributed by atoms with Gasteiger partial charge in [-0.15, -0.1) is 0 Å². The van der Waals surface area contributed by atoms with Crippen LogP contribution < -0.4 is 14.8 Å². The van der Waals surface area contributed by atoms with Crippen molar-refractivity contribution in [2.75, 3.05) is 11.9 Å². The van der Waals surface area contributed by atoms with E-state index >= 15 is 0 Å². The molecule has 0 spiro atoms. The third-order valence-corrected chi connectivity index (χ3v) is 3.92. The summed E-state index contributed by atoms with van der Waals surface area (Å²) >= 11 is 6.29. The highest BCUT2D eigenvalue weighted by molar-refractivity contribution is 6.32. The molecule has 0 aliphatic carbocycles. The smallest absolute Gasteiger partial charge is 0.335 e. The van der Waals surface area contributed by atoms with Crippen molar-refractivity contribution in [3.05, 3.63) is 52.0 Å². The molecular weight excluding hydrogens is 370 g/mol.